The van der Waals surface area contributed by atoms with E-state index in [4.69, 9.17) is 0 Å². The van der Waals surface area contributed by atoms with E-state index in [1.54, 1.807) is 6.20 Å². The average Bonchev–Trinajstić information content (AvgIpc) is 2.85. The van der Waals surface area contributed by atoms with E-state index in [0.29, 0.717) is 0 Å². The number of rotatable bonds is 5. The van der Waals surface area contributed by atoms with Crippen molar-refractivity contribution in [1.82, 2.24) is 15.5 Å². The highest BCUT2D eigenvalue weighted by molar-refractivity contribution is 5.20. The highest BCUT2D eigenvalue weighted by Crippen LogP contribution is 2.17. The van der Waals surface area contributed by atoms with Crippen LogP contribution >= 0.6 is 0 Å². The molecule has 2 N–H and O–H groups in total. The summed E-state index contributed by atoms with van der Waals surface area (Å²) in [6.45, 7) is 2.84. The lowest BCUT2D eigenvalue weighted by atomic mass is 10.0. The second-order valence-corrected chi connectivity index (χ2v) is 3.98. The first-order chi connectivity index (χ1) is 8.29. The Bertz CT molecular complexity index is 436. The summed E-state index contributed by atoms with van der Waals surface area (Å²) in [5.74, 6) is -0.197. The van der Waals surface area contributed by atoms with Crippen LogP contribution in [0.4, 0.5) is 4.39 Å². The monoisotopic (exact) mass is 233 g/mol. The van der Waals surface area contributed by atoms with Crippen LogP contribution in [0.3, 0.4) is 0 Å². The number of benzene rings is 1. The second kappa shape index (κ2) is 5.59. The Labute approximate surface area is 100 Å². The first-order valence-corrected chi connectivity index (χ1v) is 5.76. The van der Waals surface area contributed by atoms with Crippen LogP contribution in [0, 0.1) is 5.82 Å². The Hall–Kier alpha value is -1.68. The molecule has 0 spiro atoms. The fourth-order valence-electron chi connectivity index (χ4n) is 1.81. The van der Waals surface area contributed by atoms with Crippen molar-refractivity contribution in [2.24, 2.45) is 0 Å². The second-order valence-electron chi connectivity index (χ2n) is 3.98. The van der Waals surface area contributed by atoms with Crippen LogP contribution in [-0.2, 0) is 6.54 Å². The molecule has 0 bridgehead atoms. The van der Waals surface area contributed by atoms with E-state index in [-0.39, 0.29) is 11.9 Å². The van der Waals surface area contributed by atoms with Crippen LogP contribution < -0.4 is 5.32 Å². The van der Waals surface area contributed by atoms with Gasteiger partial charge < -0.3 is 5.32 Å². The molecule has 1 heterocycles. The summed E-state index contributed by atoms with van der Waals surface area (Å²) in [4.78, 5) is 0. The lowest BCUT2D eigenvalue weighted by Crippen LogP contribution is -2.20. The molecule has 1 unspecified atom stereocenters. The zero-order chi connectivity index (χ0) is 12.1. The molecule has 2 aromatic rings. The van der Waals surface area contributed by atoms with Gasteiger partial charge in [0.1, 0.15) is 5.82 Å². The van der Waals surface area contributed by atoms with E-state index < -0.39 is 0 Å². The van der Waals surface area contributed by atoms with Gasteiger partial charge in [0.25, 0.3) is 0 Å². The number of hydrogen-bond donors (Lipinski definition) is 2. The smallest absolute Gasteiger partial charge is 0.123 e. The van der Waals surface area contributed by atoms with Crippen LogP contribution in [0.2, 0.25) is 0 Å². The summed E-state index contributed by atoms with van der Waals surface area (Å²) in [5.41, 5.74) is 2.15. The molecule has 1 aromatic heterocycles. The number of aromatic amines is 1. The summed E-state index contributed by atoms with van der Waals surface area (Å²) in [6, 6.07) is 8.81. The van der Waals surface area contributed by atoms with Gasteiger partial charge in [-0.2, -0.15) is 5.10 Å². The molecule has 0 amide bonds. The van der Waals surface area contributed by atoms with Gasteiger partial charge in [0.05, 0.1) is 0 Å². The van der Waals surface area contributed by atoms with E-state index in [9.17, 15) is 4.39 Å². The molecule has 17 heavy (non-hydrogen) atoms. The molecule has 0 radical (unpaired) electrons. The van der Waals surface area contributed by atoms with E-state index in [1.165, 1.54) is 12.1 Å². The minimum atomic E-state index is -0.197. The lowest BCUT2D eigenvalue weighted by Gasteiger charge is -2.16. The van der Waals surface area contributed by atoms with Crippen molar-refractivity contribution < 1.29 is 4.39 Å². The maximum absolute atomic E-state index is 12.8. The number of nitrogens with one attached hydrogen (secondary N) is 2. The number of nitrogens with zero attached hydrogens (tertiary/aromatic N) is 1. The summed E-state index contributed by atoms with van der Waals surface area (Å²) < 4.78 is 12.8. The third-order valence-corrected chi connectivity index (χ3v) is 2.78. The first kappa shape index (κ1) is 11.8. The van der Waals surface area contributed by atoms with E-state index in [2.05, 4.69) is 22.4 Å². The minimum Gasteiger partial charge on any atom is -0.304 e. The topological polar surface area (TPSA) is 40.7 Å². The van der Waals surface area contributed by atoms with Crippen molar-refractivity contribution in [3.05, 3.63) is 53.6 Å². The SMILES string of the molecule is CCC(NCc1ccn[nH]1)c1ccc(F)cc1. The van der Waals surface area contributed by atoms with Crippen LogP contribution in [-0.4, -0.2) is 10.2 Å². The van der Waals surface area contributed by atoms with Gasteiger partial charge in [0, 0.05) is 24.5 Å². The molecule has 1 aromatic carbocycles. The molecular weight excluding hydrogens is 217 g/mol. The Morgan fingerprint density at radius 1 is 1.29 bits per heavy atom. The number of halogens is 1. The van der Waals surface area contributed by atoms with Crippen molar-refractivity contribution in [3.63, 3.8) is 0 Å². The van der Waals surface area contributed by atoms with E-state index in [0.717, 1.165) is 24.2 Å². The van der Waals surface area contributed by atoms with Gasteiger partial charge in [-0.25, -0.2) is 4.39 Å². The maximum Gasteiger partial charge on any atom is 0.123 e. The van der Waals surface area contributed by atoms with Crippen LogP contribution in [0.5, 0.6) is 0 Å². The van der Waals surface area contributed by atoms with Crippen molar-refractivity contribution in [1.29, 1.82) is 0 Å². The highest BCUT2D eigenvalue weighted by Gasteiger charge is 2.08. The Morgan fingerprint density at radius 2 is 2.06 bits per heavy atom. The summed E-state index contributed by atoms with van der Waals surface area (Å²) in [6.07, 6.45) is 2.69. The zero-order valence-electron chi connectivity index (χ0n) is 9.78. The van der Waals surface area contributed by atoms with Crippen LogP contribution in [0.1, 0.15) is 30.6 Å². The fourth-order valence-corrected chi connectivity index (χ4v) is 1.81. The quantitative estimate of drug-likeness (QED) is 0.833. The molecule has 0 aliphatic carbocycles. The summed E-state index contributed by atoms with van der Waals surface area (Å²) in [7, 11) is 0. The summed E-state index contributed by atoms with van der Waals surface area (Å²) in [5, 5.41) is 10.2. The zero-order valence-corrected chi connectivity index (χ0v) is 9.78. The van der Waals surface area contributed by atoms with Gasteiger partial charge in [0.15, 0.2) is 0 Å². The molecule has 0 fully saturated rings. The average molecular weight is 233 g/mol. The van der Waals surface area contributed by atoms with Crippen LogP contribution in [0.15, 0.2) is 36.5 Å². The normalized spacial score (nSPS) is 12.6. The van der Waals surface area contributed by atoms with Gasteiger partial charge in [-0.3, -0.25) is 5.10 Å². The van der Waals surface area contributed by atoms with Crippen molar-refractivity contribution in [2.45, 2.75) is 25.9 Å². The van der Waals surface area contributed by atoms with E-state index >= 15 is 0 Å². The Kier molecular flexibility index (Phi) is 3.88. The van der Waals surface area contributed by atoms with E-state index in [1.807, 2.05) is 18.2 Å². The Morgan fingerprint density at radius 3 is 2.65 bits per heavy atom. The third-order valence-electron chi connectivity index (χ3n) is 2.78. The number of aromatic nitrogens is 2. The molecule has 90 valence electrons. The Balaban J connectivity index is 1.99. The third kappa shape index (κ3) is 3.14. The van der Waals surface area contributed by atoms with Crippen molar-refractivity contribution >= 4 is 0 Å². The molecule has 4 heteroatoms. The number of H-pyrrole nitrogens is 1. The van der Waals surface area contributed by atoms with Crippen molar-refractivity contribution in [3.8, 4) is 0 Å². The summed E-state index contributed by atoms with van der Waals surface area (Å²) >= 11 is 0. The number of hydrogen-bond acceptors (Lipinski definition) is 2. The predicted molar refractivity (Wildman–Crippen MR) is 64.9 cm³/mol. The first-order valence-electron chi connectivity index (χ1n) is 5.76. The predicted octanol–water partition coefficient (Wildman–Crippen LogP) is 2.79. The molecule has 1 atom stereocenters. The van der Waals surface area contributed by atoms with Gasteiger partial charge in [-0.05, 0) is 30.2 Å². The van der Waals surface area contributed by atoms with Gasteiger partial charge in [-0.1, -0.05) is 19.1 Å². The van der Waals surface area contributed by atoms with Gasteiger partial charge in [-0.15, -0.1) is 0 Å². The fraction of sp³-hybridized carbons (Fsp3) is 0.308. The largest absolute Gasteiger partial charge is 0.304 e. The maximum atomic E-state index is 12.8. The lowest BCUT2D eigenvalue weighted by molar-refractivity contribution is 0.512. The van der Waals surface area contributed by atoms with Crippen molar-refractivity contribution in [2.75, 3.05) is 0 Å². The molecule has 0 saturated carbocycles. The molecule has 2 rings (SSSR count). The molecule has 3 nitrogen and oxygen atoms in total. The molecule has 0 aliphatic rings. The standard InChI is InChI=1S/C13H16FN3/c1-2-13(10-3-5-11(14)6-4-10)15-9-12-7-8-16-17-12/h3-8,13,15H,2,9H2,1H3,(H,16,17). The highest BCUT2D eigenvalue weighted by atomic mass is 19.1. The van der Waals surface area contributed by atoms with Gasteiger partial charge in [0.2, 0.25) is 0 Å². The van der Waals surface area contributed by atoms with Gasteiger partial charge >= 0.3 is 0 Å². The molecule has 0 aliphatic heterocycles. The van der Waals surface area contributed by atoms with Crippen LogP contribution in [0.25, 0.3) is 0 Å². The molecule has 0 saturated heterocycles. The molecular formula is C13H16FN3. The minimum absolute atomic E-state index is 0.197.